The molecule has 231 valence electrons. The van der Waals surface area contributed by atoms with Crippen LogP contribution in [0.3, 0.4) is 0 Å². The van der Waals surface area contributed by atoms with Gasteiger partial charge in [-0.2, -0.15) is 0 Å². The summed E-state index contributed by atoms with van der Waals surface area (Å²) in [5, 5.41) is 0. The van der Waals surface area contributed by atoms with Crippen molar-refractivity contribution in [2.75, 3.05) is 0 Å². The number of allylic oxidation sites excluding steroid dienone is 16. The minimum absolute atomic E-state index is 0. The summed E-state index contributed by atoms with van der Waals surface area (Å²) in [6, 6.07) is 0. The molecule has 43 heavy (non-hydrogen) atoms. The van der Waals surface area contributed by atoms with Gasteiger partial charge in [0.15, 0.2) is 0 Å². The third-order valence-electron chi connectivity index (χ3n) is 15.4. The Morgan fingerprint density at radius 3 is 1.77 bits per heavy atom. The van der Waals surface area contributed by atoms with Crippen LogP contribution >= 0.6 is 0 Å². The van der Waals surface area contributed by atoms with Gasteiger partial charge in [0, 0.05) is 0 Å². The molecule has 6 aliphatic rings. The standard InChI is InChI=1S/C40H53.2ClH.Zr/c1-13-28-24-30(33(3,4)5)25-32(28)31-19-18-29-26-38(10)36(8)22-15-14-20-34(36,6)35(7)21-16-17-23-37(35,9)40(38,12)39(29,11)27(31)2;;;/h14-26,28-29H,13H2,1-12H3;2*1H;/q;;;+2/p-2. The number of hydrogen-bond acceptors (Lipinski definition) is 0. The fourth-order valence-electron chi connectivity index (χ4n) is 11.9. The van der Waals surface area contributed by atoms with E-state index >= 15 is 0 Å². The normalized spacial score (nSPS) is 48.9. The van der Waals surface area contributed by atoms with Crippen LogP contribution in [0.1, 0.15) is 89.5 Å². The second-order valence-corrected chi connectivity index (χ2v) is 18.2. The second-order valence-electron chi connectivity index (χ2n) is 16.7. The maximum absolute atomic E-state index is 2.74. The van der Waals surface area contributed by atoms with Crippen LogP contribution in [0, 0.1) is 55.2 Å². The van der Waals surface area contributed by atoms with Crippen molar-refractivity contribution in [1.82, 2.24) is 0 Å². The van der Waals surface area contributed by atoms with Crippen molar-refractivity contribution in [3.8, 4) is 0 Å². The largest absolute Gasteiger partial charge is 1.00 e. The van der Waals surface area contributed by atoms with Gasteiger partial charge in [0.2, 0.25) is 0 Å². The van der Waals surface area contributed by atoms with Gasteiger partial charge in [-0.15, -0.1) is 0 Å². The van der Waals surface area contributed by atoms with E-state index in [4.69, 9.17) is 0 Å². The predicted octanol–water partition coefficient (Wildman–Crippen LogP) is 5.09. The van der Waals surface area contributed by atoms with Crippen LogP contribution in [0.25, 0.3) is 0 Å². The van der Waals surface area contributed by atoms with Gasteiger partial charge in [-0.3, -0.25) is 0 Å². The van der Waals surface area contributed by atoms with Crippen molar-refractivity contribution < 1.29 is 49.5 Å². The van der Waals surface area contributed by atoms with E-state index < -0.39 is 0 Å². The van der Waals surface area contributed by atoms with Crippen molar-refractivity contribution in [2.24, 2.45) is 55.2 Å². The van der Waals surface area contributed by atoms with Crippen molar-refractivity contribution in [1.29, 1.82) is 0 Å². The first-order valence-electron chi connectivity index (χ1n) is 16.2. The van der Waals surface area contributed by atoms with Gasteiger partial charge in [0.1, 0.15) is 0 Å². The Labute approximate surface area is 291 Å². The maximum atomic E-state index is 2.74. The summed E-state index contributed by atoms with van der Waals surface area (Å²) in [6.07, 6.45) is 31.4. The van der Waals surface area contributed by atoms with E-state index in [2.05, 4.69) is 156 Å². The van der Waals surface area contributed by atoms with Gasteiger partial charge in [0.25, 0.3) is 0 Å². The van der Waals surface area contributed by atoms with Crippen LogP contribution in [0.15, 0.2) is 95.2 Å². The number of hydrogen-bond donors (Lipinski definition) is 0. The van der Waals surface area contributed by atoms with E-state index in [-0.39, 0.29) is 68.1 Å². The van der Waals surface area contributed by atoms with Gasteiger partial charge >= 0.3 is 268 Å². The molecule has 0 nitrogen and oxygen atoms in total. The van der Waals surface area contributed by atoms with E-state index in [1.807, 2.05) is 0 Å². The van der Waals surface area contributed by atoms with Gasteiger partial charge in [0.05, 0.1) is 0 Å². The monoisotopic (exact) mass is 693 g/mol. The van der Waals surface area contributed by atoms with E-state index in [1.54, 1.807) is 35.9 Å². The third kappa shape index (κ3) is 3.50. The van der Waals surface area contributed by atoms with E-state index in [9.17, 15) is 0 Å². The molecule has 0 spiro atoms. The van der Waals surface area contributed by atoms with Crippen molar-refractivity contribution in [3.63, 3.8) is 0 Å². The van der Waals surface area contributed by atoms with Crippen molar-refractivity contribution in [2.45, 2.75) is 93.1 Å². The number of fused-ring (bicyclic) bond motifs is 8. The Hall–Kier alpha value is -0.617. The maximum Gasteiger partial charge on any atom is -1.00 e. The molecule has 0 aromatic rings. The first-order valence-corrected chi connectivity index (χ1v) is 17.6. The molecular weight excluding hydrogens is 643 g/mol. The molecule has 0 aromatic carbocycles. The average Bonchev–Trinajstić information content (AvgIpc) is 3.41. The molecular formula is C40H53Cl2Zr. The number of halogens is 2. The second kappa shape index (κ2) is 10.2. The molecule has 6 aliphatic carbocycles. The molecule has 2 saturated carbocycles. The Bertz CT molecular complexity index is 1460. The smallest absolute Gasteiger partial charge is 1.00 e. The van der Waals surface area contributed by atoms with Crippen LogP contribution < -0.4 is 24.8 Å². The molecule has 0 aromatic heterocycles. The molecule has 0 aliphatic heterocycles. The van der Waals surface area contributed by atoms with E-state index in [0.29, 0.717) is 15.5 Å². The van der Waals surface area contributed by atoms with Gasteiger partial charge < -0.3 is 24.8 Å². The molecule has 10 atom stereocenters. The minimum Gasteiger partial charge on any atom is -1.00 e. The van der Waals surface area contributed by atoms with Crippen LogP contribution in [-0.2, 0) is 24.7 Å². The molecule has 0 amide bonds. The predicted molar refractivity (Wildman–Crippen MR) is 172 cm³/mol. The van der Waals surface area contributed by atoms with Crippen LogP contribution in [0.4, 0.5) is 0 Å². The molecule has 0 bridgehead atoms. The Morgan fingerprint density at radius 1 is 0.767 bits per heavy atom. The zero-order chi connectivity index (χ0) is 30.2. The summed E-state index contributed by atoms with van der Waals surface area (Å²) < 4.78 is 0.612. The molecule has 0 N–H and O–H groups in total. The summed E-state index contributed by atoms with van der Waals surface area (Å²) in [5.74, 6) is 1.02. The molecule has 6 rings (SSSR count). The molecule has 0 radical (unpaired) electrons. The minimum atomic E-state index is -0.0356. The van der Waals surface area contributed by atoms with Gasteiger partial charge in [-0.25, -0.2) is 0 Å². The summed E-state index contributed by atoms with van der Waals surface area (Å²) in [6.45, 7) is 30.6. The first kappa shape index (κ1) is 35.2. The Morgan fingerprint density at radius 2 is 1.26 bits per heavy atom. The molecule has 0 saturated heterocycles. The molecule has 10 unspecified atom stereocenters. The fraction of sp³-hybridized carbons (Fsp3) is 0.600. The average molecular weight is 696 g/mol. The first-order chi connectivity index (χ1) is 18.9. The SMILES string of the molecule is CCC1C=C(C(C)(C)C)C=C1C1=C(C)C2(C)C(C=C1)[CH]([Zr+2])C1(C)C3(C)C=CC=CC3(C)C3(C)C=CC=CC3(C)C21C.[Cl-].[Cl-]. The zero-order valence-corrected chi connectivity index (χ0v) is 32.6. The summed E-state index contributed by atoms with van der Waals surface area (Å²) in [5.41, 5.74) is 6.43. The van der Waals surface area contributed by atoms with Crippen molar-refractivity contribution in [3.05, 3.63) is 95.2 Å². The number of rotatable bonds is 2. The van der Waals surface area contributed by atoms with Crippen LogP contribution in [-0.4, -0.2) is 0 Å². The van der Waals surface area contributed by atoms with Gasteiger partial charge in [-0.1, -0.05) is 0 Å². The van der Waals surface area contributed by atoms with Gasteiger partial charge in [-0.05, 0) is 0 Å². The molecule has 3 heteroatoms. The summed E-state index contributed by atoms with van der Waals surface area (Å²) in [4.78, 5) is 0. The summed E-state index contributed by atoms with van der Waals surface area (Å²) >= 11 is 1.68. The van der Waals surface area contributed by atoms with Crippen LogP contribution in [0.2, 0.25) is 3.63 Å². The quantitative estimate of drug-likeness (QED) is 0.378. The molecule has 2 fully saturated rings. The van der Waals surface area contributed by atoms with E-state index in [0.717, 1.165) is 6.42 Å². The Kier molecular flexibility index (Phi) is 8.35. The summed E-state index contributed by atoms with van der Waals surface area (Å²) in [7, 11) is 0. The molecule has 0 heterocycles. The third-order valence-corrected chi connectivity index (χ3v) is 17.7. The van der Waals surface area contributed by atoms with Crippen LogP contribution in [0.5, 0.6) is 0 Å². The zero-order valence-electron chi connectivity index (χ0n) is 28.6. The topological polar surface area (TPSA) is 0 Å². The van der Waals surface area contributed by atoms with Crippen molar-refractivity contribution >= 4 is 0 Å². The van der Waals surface area contributed by atoms with E-state index in [1.165, 1.54) is 11.1 Å². The Balaban J connectivity index is 0.00000212. The fourth-order valence-corrected chi connectivity index (χ4v) is 14.4.